The van der Waals surface area contributed by atoms with Crippen LogP contribution in [0.4, 0.5) is 16.3 Å². The number of nitrogens with zero attached hydrogens (tertiary/aromatic N) is 2. The van der Waals surface area contributed by atoms with Crippen LogP contribution in [0.1, 0.15) is 51.0 Å². The van der Waals surface area contributed by atoms with Crippen molar-refractivity contribution in [2.75, 3.05) is 51.2 Å². The Hall–Kier alpha value is -2.72. The summed E-state index contributed by atoms with van der Waals surface area (Å²) in [5.74, 6) is 0.556. The molecule has 1 saturated heterocycles. The zero-order valence-electron chi connectivity index (χ0n) is 20.9. The molecule has 1 aliphatic carbocycles. The molecule has 1 unspecified atom stereocenters. The normalized spacial score (nSPS) is 23.8. The number of anilines is 2. The summed E-state index contributed by atoms with van der Waals surface area (Å²) in [5, 5.41) is 8.81. The molecule has 1 spiro atoms. The van der Waals surface area contributed by atoms with Crippen molar-refractivity contribution in [1.82, 2.24) is 15.2 Å². The maximum absolute atomic E-state index is 13.4. The number of carbonyl (C=O) groups excluding carboxylic acids is 3. The average molecular weight is 488 g/mol. The first-order valence-electron chi connectivity index (χ1n) is 12.5. The van der Waals surface area contributed by atoms with E-state index in [2.05, 4.69) is 27.9 Å². The number of hydrogen-bond acceptors (Lipinski definition) is 6. The predicted molar refractivity (Wildman–Crippen MR) is 131 cm³/mol. The van der Waals surface area contributed by atoms with Gasteiger partial charge in [0.2, 0.25) is 11.8 Å². The second-order valence-corrected chi connectivity index (χ2v) is 10.1. The highest BCUT2D eigenvalue weighted by molar-refractivity contribution is 6.07. The molecule has 4 amide bonds. The molecule has 3 aliphatic rings. The number of amides is 4. The zero-order valence-corrected chi connectivity index (χ0v) is 20.9. The molecule has 1 aromatic rings. The fourth-order valence-corrected chi connectivity index (χ4v) is 5.55. The van der Waals surface area contributed by atoms with Crippen molar-refractivity contribution in [2.24, 2.45) is 11.8 Å². The van der Waals surface area contributed by atoms with Crippen LogP contribution in [0.15, 0.2) is 12.3 Å². The number of rotatable bonds is 7. The Bertz CT molecular complexity index is 948. The summed E-state index contributed by atoms with van der Waals surface area (Å²) in [5.41, 5.74) is 0.924. The van der Waals surface area contributed by atoms with Crippen LogP contribution in [-0.4, -0.2) is 74.3 Å². The molecule has 10 nitrogen and oxygen atoms in total. The van der Waals surface area contributed by atoms with Crippen LogP contribution < -0.4 is 16.0 Å². The van der Waals surface area contributed by atoms with Crippen molar-refractivity contribution in [1.29, 1.82) is 0 Å². The Morgan fingerprint density at radius 1 is 1.34 bits per heavy atom. The highest BCUT2D eigenvalue weighted by Gasteiger charge is 2.48. The van der Waals surface area contributed by atoms with Crippen molar-refractivity contribution < 1.29 is 23.9 Å². The number of nitrogens with one attached hydrogen (secondary N) is 3. The molecule has 3 atom stereocenters. The molecular formula is C25H37N5O5. The van der Waals surface area contributed by atoms with Gasteiger partial charge in [0.15, 0.2) is 0 Å². The van der Waals surface area contributed by atoms with Gasteiger partial charge in [-0.05, 0) is 37.5 Å². The van der Waals surface area contributed by atoms with E-state index in [1.54, 1.807) is 26.4 Å². The molecular weight excluding hydrogens is 450 g/mol. The Morgan fingerprint density at radius 2 is 2.11 bits per heavy atom. The minimum atomic E-state index is -0.679. The van der Waals surface area contributed by atoms with Crippen molar-refractivity contribution in [3.63, 3.8) is 0 Å². The number of ether oxygens (including phenoxy) is 2. The monoisotopic (exact) mass is 487 g/mol. The van der Waals surface area contributed by atoms with Crippen LogP contribution in [0.25, 0.3) is 0 Å². The lowest BCUT2D eigenvalue weighted by molar-refractivity contribution is -0.124. The van der Waals surface area contributed by atoms with Crippen molar-refractivity contribution >= 4 is 29.4 Å². The second-order valence-electron chi connectivity index (χ2n) is 10.1. The van der Waals surface area contributed by atoms with E-state index in [0.29, 0.717) is 56.6 Å². The van der Waals surface area contributed by atoms with Crippen LogP contribution in [0.3, 0.4) is 0 Å². The van der Waals surface area contributed by atoms with Gasteiger partial charge >= 0.3 is 6.03 Å². The molecule has 2 aliphatic heterocycles. The number of hydrogen-bond donors (Lipinski definition) is 3. The Labute approximate surface area is 206 Å². The fraction of sp³-hybridized carbons (Fsp3) is 0.680. The molecule has 1 aromatic heterocycles. The lowest BCUT2D eigenvalue weighted by Gasteiger charge is -2.34. The Kier molecular flexibility index (Phi) is 7.91. The number of likely N-dealkylation sites (N-methyl/N-ethyl adjacent to an activating group) is 1. The molecule has 4 rings (SSSR count). The zero-order chi connectivity index (χ0) is 25.0. The molecule has 0 aromatic carbocycles. The molecule has 0 bridgehead atoms. The lowest BCUT2D eigenvalue weighted by atomic mass is 9.76. The molecule has 0 radical (unpaired) electrons. The number of aromatic nitrogens is 1. The highest BCUT2D eigenvalue weighted by atomic mass is 16.5. The van der Waals surface area contributed by atoms with E-state index in [-0.39, 0.29) is 23.8 Å². The maximum atomic E-state index is 13.4. The first kappa shape index (κ1) is 25.4. The Balaban J connectivity index is 1.50. The third-order valence-corrected chi connectivity index (χ3v) is 7.69. The van der Waals surface area contributed by atoms with Crippen LogP contribution in [0.2, 0.25) is 0 Å². The van der Waals surface area contributed by atoms with Gasteiger partial charge in [-0.15, -0.1) is 0 Å². The highest BCUT2D eigenvalue weighted by Crippen LogP contribution is 2.44. The molecule has 192 valence electrons. The first-order valence-corrected chi connectivity index (χ1v) is 12.5. The van der Waals surface area contributed by atoms with E-state index in [4.69, 9.17) is 9.47 Å². The van der Waals surface area contributed by atoms with E-state index in [0.717, 1.165) is 31.2 Å². The number of carbonyl (C=O) groups is 3. The van der Waals surface area contributed by atoms with Gasteiger partial charge in [0.1, 0.15) is 11.9 Å². The first-order chi connectivity index (χ1) is 16.8. The minimum absolute atomic E-state index is 0.0400. The van der Waals surface area contributed by atoms with Gasteiger partial charge in [0.25, 0.3) is 0 Å². The lowest BCUT2D eigenvalue weighted by Crippen LogP contribution is -2.53. The van der Waals surface area contributed by atoms with E-state index < -0.39 is 11.5 Å². The van der Waals surface area contributed by atoms with Crippen molar-refractivity contribution in [2.45, 2.75) is 56.9 Å². The molecule has 3 N–H and O–H groups in total. The van der Waals surface area contributed by atoms with Gasteiger partial charge in [-0.1, -0.05) is 19.8 Å². The number of pyridine rings is 1. The Morgan fingerprint density at radius 3 is 2.83 bits per heavy atom. The predicted octanol–water partition coefficient (Wildman–Crippen LogP) is 2.50. The maximum Gasteiger partial charge on any atom is 0.317 e. The summed E-state index contributed by atoms with van der Waals surface area (Å²) in [6, 6.07) is 0.723. The average Bonchev–Trinajstić information content (AvgIpc) is 3.10. The summed E-state index contributed by atoms with van der Waals surface area (Å²) < 4.78 is 10.5. The topological polar surface area (TPSA) is 122 Å². The number of methoxy groups -OCH3 is 1. The SMILES string of the molecule is COCCN(C)C(=O)N[C@H](C(=O)Nc1cc2c(cn1)C1(CCOCC1)C(=O)N2)C1CCC[C@@H](C)C1. The third kappa shape index (κ3) is 5.43. The number of urea groups is 1. The van der Waals surface area contributed by atoms with E-state index in [9.17, 15) is 14.4 Å². The molecule has 35 heavy (non-hydrogen) atoms. The third-order valence-electron chi connectivity index (χ3n) is 7.69. The fourth-order valence-electron chi connectivity index (χ4n) is 5.55. The molecule has 1 saturated carbocycles. The van der Waals surface area contributed by atoms with Crippen molar-refractivity contribution in [3.05, 3.63) is 17.8 Å². The van der Waals surface area contributed by atoms with Gasteiger partial charge < -0.3 is 30.3 Å². The molecule has 3 heterocycles. The van der Waals surface area contributed by atoms with Gasteiger partial charge in [-0.25, -0.2) is 9.78 Å². The van der Waals surface area contributed by atoms with Crippen LogP contribution in [0, 0.1) is 11.8 Å². The second kappa shape index (κ2) is 10.9. The van der Waals surface area contributed by atoms with E-state index in [1.807, 2.05) is 0 Å². The largest absolute Gasteiger partial charge is 0.383 e. The van der Waals surface area contributed by atoms with Gasteiger partial charge in [0.05, 0.1) is 17.7 Å². The van der Waals surface area contributed by atoms with Gasteiger partial charge in [0, 0.05) is 51.7 Å². The minimum Gasteiger partial charge on any atom is -0.383 e. The smallest absolute Gasteiger partial charge is 0.317 e. The van der Waals surface area contributed by atoms with Crippen molar-refractivity contribution in [3.8, 4) is 0 Å². The summed E-state index contributed by atoms with van der Waals surface area (Å²) in [6.07, 6.45) is 6.82. The summed E-state index contributed by atoms with van der Waals surface area (Å²) in [4.78, 5) is 45.0. The summed E-state index contributed by atoms with van der Waals surface area (Å²) >= 11 is 0. The van der Waals surface area contributed by atoms with Crippen LogP contribution in [0.5, 0.6) is 0 Å². The van der Waals surface area contributed by atoms with E-state index in [1.165, 1.54) is 4.90 Å². The summed E-state index contributed by atoms with van der Waals surface area (Å²) in [7, 11) is 3.27. The van der Waals surface area contributed by atoms with Gasteiger partial charge in [-0.2, -0.15) is 0 Å². The quantitative estimate of drug-likeness (QED) is 0.543. The van der Waals surface area contributed by atoms with E-state index >= 15 is 0 Å². The van der Waals surface area contributed by atoms with Gasteiger partial charge in [-0.3, -0.25) is 9.59 Å². The van der Waals surface area contributed by atoms with Crippen LogP contribution in [-0.2, 0) is 24.5 Å². The van der Waals surface area contributed by atoms with Crippen LogP contribution >= 0.6 is 0 Å². The molecule has 2 fully saturated rings. The number of fused-ring (bicyclic) bond motifs is 2. The molecule has 10 heteroatoms. The summed E-state index contributed by atoms with van der Waals surface area (Å²) in [6.45, 7) is 4.09. The standard InChI is InChI=1S/C25H37N5O5/c1-16-5-4-6-17(13-16)21(29-24(33)30(2)9-12-34-3)22(31)28-20-14-19-18(15-26-20)25(23(32)27-19)7-10-35-11-8-25/h14-17,21H,4-13H2,1-3H3,(H,27,32)(H,29,33)(H,26,28,31)/t16-,17?,21+/m1/s1.